The molecular weight excluding hydrogens is 312 g/mol. The zero-order valence-electron chi connectivity index (χ0n) is 15.9. The van der Waals surface area contributed by atoms with Crippen molar-refractivity contribution < 1.29 is 4.79 Å². The maximum atomic E-state index is 13.1. The molecule has 138 valence electrons. The van der Waals surface area contributed by atoms with Crippen LogP contribution in [0.5, 0.6) is 0 Å². The summed E-state index contributed by atoms with van der Waals surface area (Å²) < 4.78 is 0. The second-order valence-corrected chi connectivity index (χ2v) is 7.79. The van der Waals surface area contributed by atoms with Crippen LogP contribution < -0.4 is 4.90 Å². The molecule has 2 fully saturated rings. The number of nitrogens with zero attached hydrogens (tertiary/aromatic N) is 4. The molecule has 0 bridgehead atoms. The van der Waals surface area contributed by atoms with Gasteiger partial charge in [-0.3, -0.25) is 4.79 Å². The molecule has 0 aromatic carbocycles. The first kappa shape index (κ1) is 18.2. The van der Waals surface area contributed by atoms with Crippen molar-refractivity contribution in [3.8, 4) is 0 Å². The van der Waals surface area contributed by atoms with Gasteiger partial charge in [0.05, 0.1) is 5.56 Å². The van der Waals surface area contributed by atoms with Crippen molar-refractivity contribution in [1.82, 2.24) is 14.9 Å². The van der Waals surface area contributed by atoms with Crippen LogP contribution in [0.25, 0.3) is 0 Å². The molecule has 2 heterocycles. The molecule has 5 heteroatoms. The molecule has 1 aliphatic carbocycles. The Morgan fingerprint density at radius 3 is 2.32 bits per heavy atom. The van der Waals surface area contributed by atoms with Crippen molar-refractivity contribution in [3.05, 3.63) is 18.0 Å². The topological polar surface area (TPSA) is 49.3 Å². The van der Waals surface area contributed by atoms with Crippen LogP contribution in [-0.2, 0) is 0 Å². The van der Waals surface area contributed by atoms with E-state index < -0.39 is 0 Å². The summed E-state index contributed by atoms with van der Waals surface area (Å²) in [5.41, 5.74) is 0.639. The van der Waals surface area contributed by atoms with Gasteiger partial charge in [-0.25, -0.2) is 9.97 Å². The van der Waals surface area contributed by atoms with Gasteiger partial charge >= 0.3 is 0 Å². The molecule has 1 saturated heterocycles. The van der Waals surface area contributed by atoms with Gasteiger partial charge in [-0.05, 0) is 38.0 Å². The fraction of sp³-hybridized carbons (Fsp3) is 0.750. The average Bonchev–Trinajstić information content (AvgIpc) is 3.35. The maximum Gasteiger partial charge on any atom is 0.257 e. The average molecular weight is 345 g/mol. The minimum atomic E-state index is 0.121. The van der Waals surface area contributed by atoms with Gasteiger partial charge in [0, 0.05) is 37.6 Å². The highest BCUT2D eigenvalue weighted by Gasteiger charge is 2.37. The standard InChI is InChI=1S/C20H32N4O/c1-4-6-17(7-5-2)24(18-8-9-18)19(25)16-12-21-20(22-13-16)23-11-10-15(3)14-23/h12-13,15,17-18H,4-11,14H2,1-3H3/t15-/m1/s1. The summed E-state index contributed by atoms with van der Waals surface area (Å²) >= 11 is 0. The largest absolute Gasteiger partial charge is 0.341 e. The molecule has 3 rings (SSSR count). The molecule has 0 N–H and O–H groups in total. The van der Waals surface area contributed by atoms with E-state index >= 15 is 0 Å². The number of aromatic nitrogens is 2. The summed E-state index contributed by atoms with van der Waals surface area (Å²) in [5, 5.41) is 0. The summed E-state index contributed by atoms with van der Waals surface area (Å²) in [7, 11) is 0. The van der Waals surface area contributed by atoms with E-state index in [4.69, 9.17) is 0 Å². The highest BCUT2D eigenvalue weighted by Crippen LogP contribution is 2.33. The number of hydrogen-bond acceptors (Lipinski definition) is 4. The molecule has 1 aromatic rings. The summed E-state index contributed by atoms with van der Waals surface area (Å²) in [4.78, 5) is 26.5. The Labute approximate surface area is 151 Å². The number of hydrogen-bond donors (Lipinski definition) is 0. The molecule has 1 amide bonds. The Kier molecular flexibility index (Phi) is 5.92. The van der Waals surface area contributed by atoms with E-state index in [-0.39, 0.29) is 5.91 Å². The Bertz CT molecular complexity index is 564. The lowest BCUT2D eigenvalue weighted by atomic mass is 10.0. The van der Waals surface area contributed by atoms with Crippen molar-refractivity contribution in [2.24, 2.45) is 5.92 Å². The highest BCUT2D eigenvalue weighted by molar-refractivity contribution is 5.94. The summed E-state index contributed by atoms with van der Waals surface area (Å²) in [6, 6.07) is 0.781. The van der Waals surface area contributed by atoms with Crippen molar-refractivity contribution in [3.63, 3.8) is 0 Å². The second-order valence-electron chi connectivity index (χ2n) is 7.79. The third-order valence-corrected chi connectivity index (χ3v) is 5.40. The predicted molar refractivity (Wildman–Crippen MR) is 101 cm³/mol. The van der Waals surface area contributed by atoms with Crippen molar-refractivity contribution in [2.45, 2.75) is 77.8 Å². The van der Waals surface area contributed by atoms with Crippen LogP contribution in [0.2, 0.25) is 0 Å². The Morgan fingerprint density at radius 2 is 1.84 bits per heavy atom. The van der Waals surface area contributed by atoms with Gasteiger partial charge in [0.15, 0.2) is 0 Å². The molecule has 1 aromatic heterocycles. The number of carbonyl (C=O) groups excluding carboxylic acids is 1. The predicted octanol–water partition coefficient (Wildman–Crippen LogP) is 3.90. The molecule has 1 aliphatic heterocycles. The quantitative estimate of drug-likeness (QED) is 0.718. The van der Waals surface area contributed by atoms with Gasteiger partial charge in [0.1, 0.15) is 0 Å². The van der Waals surface area contributed by atoms with Crippen LogP contribution in [0, 0.1) is 5.92 Å². The molecular formula is C20H32N4O. The van der Waals surface area contributed by atoms with E-state index in [1.165, 1.54) is 6.42 Å². The molecule has 1 saturated carbocycles. The van der Waals surface area contributed by atoms with E-state index in [0.29, 0.717) is 23.6 Å². The zero-order chi connectivity index (χ0) is 17.8. The monoisotopic (exact) mass is 344 g/mol. The Balaban J connectivity index is 1.73. The van der Waals surface area contributed by atoms with Crippen molar-refractivity contribution in [1.29, 1.82) is 0 Å². The van der Waals surface area contributed by atoms with Crippen LogP contribution in [-0.4, -0.2) is 45.9 Å². The molecule has 0 unspecified atom stereocenters. The minimum Gasteiger partial charge on any atom is -0.341 e. The minimum absolute atomic E-state index is 0.121. The van der Waals surface area contributed by atoms with Gasteiger partial charge in [-0.2, -0.15) is 0 Å². The molecule has 2 aliphatic rings. The SMILES string of the molecule is CCCC(CCC)N(C(=O)c1cnc(N2CC[C@@H](C)C2)nc1)C1CC1. The van der Waals surface area contributed by atoms with Crippen LogP contribution in [0.4, 0.5) is 5.95 Å². The first-order valence-electron chi connectivity index (χ1n) is 10.0. The smallest absolute Gasteiger partial charge is 0.257 e. The van der Waals surface area contributed by atoms with Gasteiger partial charge < -0.3 is 9.80 Å². The third kappa shape index (κ3) is 4.31. The lowest BCUT2D eigenvalue weighted by Crippen LogP contribution is -2.42. The van der Waals surface area contributed by atoms with E-state index in [2.05, 4.69) is 40.5 Å². The normalized spacial score (nSPS) is 20.3. The molecule has 25 heavy (non-hydrogen) atoms. The maximum absolute atomic E-state index is 13.1. The summed E-state index contributed by atoms with van der Waals surface area (Å²) in [6.07, 6.45) is 11.3. The fourth-order valence-corrected chi connectivity index (χ4v) is 3.93. The number of carbonyl (C=O) groups is 1. The van der Waals surface area contributed by atoms with Gasteiger partial charge in [-0.15, -0.1) is 0 Å². The molecule has 1 atom stereocenters. The van der Waals surface area contributed by atoms with E-state index in [0.717, 1.165) is 57.6 Å². The van der Waals surface area contributed by atoms with E-state index in [1.54, 1.807) is 12.4 Å². The van der Waals surface area contributed by atoms with E-state index in [9.17, 15) is 4.79 Å². The van der Waals surface area contributed by atoms with Gasteiger partial charge in [-0.1, -0.05) is 33.6 Å². The zero-order valence-corrected chi connectivity index (χ0v) is 15.9. The van der Waals surface area contributed by atoms with Crippen LogP contribution in [0.15, 0.2) is 12.4 Å². The number of anilines is 1. The molecule has 5 nitrogen and oxygen atoms in total. The van der Waals surface area contributed by atoms with Gasteiger partial charge in [0.25, 0.3) is 5.91 Å². The van der Waals surface area contributed by atoms with E-state index in [1.807, 2.05) is 0 Å². The fourth-order valence-electron chi connectivity index (χ4n) is 3.93. The summed E-state index contributed by atoms with van der Waals surface area (Å²) in [5.74, 6) is 1.58. The first-order valence-corrected chi connectivity index (χ1v) is 10.0. The van der Waals surface area contributed by atoms with Crippen LogP contribution in [0.3, 0.4) is 0 Å². The number of rotatable bonds is 8. The van der Waals surface area contributed by atoms with Gasteiger partial charge in [0.2, 0.25) is 5.95 Å². The number of amides is 1. The lowest BCUT2D eigenvalue weighted by Gasteiger charge is -2.32. The van der Waals surface area contributed by atoms with Crippen molar-refractivity contribution >= 4 is 11.9 Å². The molecule has 0 spiro atoms. The third-order valence-electron chi connectivity index (χ3n) is 5.40. The second kappa shape index (κ2) is 8.15. The first-order chi connectivity index (χ1) is 12.1. The van der Waals surface area contributed by atoms with Crippen molar-refractivity contribution in [2.75, 3.05) is 18.0 Å². The Morgan fingerprint density at radius 1 is 1.20 bits per heavy atom. The van der Waals surface area contributed by atoms with Crippen LogP contribution >= 0.6 is 0 Å². The highest BCUT2D eigenvalue weighted by atomic mass is 16.2. The van der Waals surface area contributed by atoms with Crippen LogP contribution in [0.1, 0.15) is 76.1 Å². The Hall–Kier alpha value is -1.65. The molecule has 0 radical (unpaired) electrons. The lowest BCUT2D eigenvalue weighted by molar-refractivity contribution is 0.0636. The summed E-state index contributed by atoms with van der Waals surface area (Å²) in [6.45, 7) is 8.68.